The first-order valence-electron chi connectivity index (χ1n) is 8.15. The van der Waals surface area contributed by atoms with Crippen molar-refractivity contribution >= 4 is 49.7 Å². The van der Waals surface area contributed by atoms with Crippen LogP contribution in [0, 0.1) is 0 Å². The molecule has 0 radical (unpaired) electrons. The van der Waals surface area contributed by atoms with Gasteiger partial charge in [-0.1, -0.05) is 29.8 Å². The number of carbonyl (C=O) groups excluding carboxylic acids is 1. The Balaban J connectivity index is 0.000000740. The minimum Gasteiger partial charge on any atom is -0.759 e. The van der Waals surface area contributed by atoms with Crippen molar-refractivity contribution in [3.05, 3.63) is 56.7 Å². The average molecular weight is 532 g/mol. The highest BCUT2D eigenvalue weighted by Gasteiger charge is 2.32. The van der Waals surface area contributed by atoms with Gasteiger partial charge in [0.15, 0.2) is 0 Å². The van der Waals surface area contributed by atoms with Gasteiger partial charge in [-0.15, -0.1) is 11.3 Å². The van der Waals surface area contributed by atoms with Crippen LogP contribution in [0.5, 0.6) is 0 Å². The van der Waals surface area contributed by atoms with Crippen LogP contribution >= 0.6 is 22.9 Å². The third-order valence-electron chi connectivity index (χ3n) is 3.83. The lowest BCUT2D eigenvalue weighted by Gasteiger charge is -2.33. The van der Waals surface area contributed by atoms with Crippen LogP contribution in [0.4, 0.5) is 0 Å². The van der Waals surface area contributed by atoms with Crippen molar-refractivity contribution in [2.45, 2.75) is 19.0 Å². The average Bonchev–Trinajstić information content (AvgIpc) is 3.08. The quantitative estimate of drug-likeness (QED) is 0.337. The molecule has 12 nitrogen and oxygen atoms in total. The molecule has 0 saturated heterocycles. The van der Waals surface area contributed by atoms with Gasteiger partial charge in [0, 0.05) is 43.8 Å². The van der Waals surface area contributed by atoms with E-state index in [1.165, 1.54) is 17.6 Å². The van der Waals surface area contributed by atoms with Gasteiger partial charge in [-0.2, -0.15) is 0 Å². The SMILES string of the molecule is COC(=O)[C@H](c1ccccc1Cl)N1CCc2sccc2C1.O=S(=O)([O-])[O-].O=S(=O)([O-])[O-].[NH4+]. The van der Waals surface area contributed by atoms with Crippen molar-refractivity contribution in [2.75, 3.05) is 13.7 Å². The van der Waals surface area contributed by atoms with E-state index in [0.29, 0.717) is 5.02 Å². The molecule has 0 bridgehead atoms. The normalized spacial score (nSPS) is 14.3. The summed E-state index contributed by atoms with van der Waals surface area (Å²) in [6.45, 7) is 1.59. The second-order valence-electron chi connectivity index (χ2n) is 5.85. The van der Waals surface area contributed by atoms with Crippen LogP contribution in [0.1, 0.15) is 22.0 Å². The zero-order chi connectivity index (χ0) is 23.8. The van der Waals surface area contributed by atoms with Gasteiger partial charge in [-0.25, -0.2) is 4.79 Å². The lowest BCUT2D eigenvalue weighted by molar-refractivity contribution is -0.147. The van der Waals surface area contributed by atoms with Crippen LogP contribution in [0.2, 0.25) is 5.02 Å². The summed E-state index contributed by atoms with van der Waals surface area (Å²) in [5.74, 6) is -0.262. The first-order valence-corrected chi connectivity index (χ1v) is 12.1. The molecule has 16 heteroatoms. The molecule has 0 amide bonds. The standard InChI is InChI=1S/C16H16ClNO2S.H3N.2H2O4S/c1-20-16(19)15(12-4-2-3-5-13(12)17)18-8-6-14-11(10-18)7-9-21-14;;2*1-5(2,3)4/h2-5,7,9,15H,6,8,10H2,1H3;1H3;2*(H2,1,2,3,4)/p-3/t15-;;;/m0.../s1. The van der Waals surface area contributed by atoms with Crippen molar-refractivity contribution in [3.8, 4) is 0 Å². The summed E-state index contributed by atoms with van der Waals surface area (Å²) in [6, 6.07) is 9.16. The Labute approximate surface area is 194 Å². The zero-order valence-corrected chi connectivity index (χ0v) is 20.0. The van der Waals surface area contributed by atoms with E-state index in [2.05, 4.69) is 16.3 Å². The van der Waals surface area contributed by atoms with Crippen LogP contribution in [0.25, 0.3) is 0 Å². The van der Waals surface area contributed by atoms with Crippen molar-refractivity contribution in [1.82, 2.24) is 11.1 Å². The smallest absolute Gasteiger partial charge is 0.327 e. The maximum Gasteiger partial charge on any atom is 0.327 e. The number of fused-ring (bicyclic) bond motifs is 1. The van der Waals surface area contributed by atoms with Crippen molar-refractivity contribution in [2.24, 2.45) is 0 Å². The summed E-state index contributed by atoms with van der Waals surface area (Å²) in [4.78, 5) is 15.8. The number of quaternary nitrogens is 1. The van der Waals surface area contributed by atoms with Crippen molar-refractivity contribution in [3.63, 3.8) is 0 Å². The first-order chi connectivity index (χ1) is 14.2. The van der Waals surface area contributed by atoms with E-state index in [9.17, 15) is 4.79 Å². The maximum absolute atomic E-state index is 12.3. The number of carbonyl (C=O) groups is 1. The Morgan fingerprint density at radius 3 is 2.12 bits per heavy atom. The van der Waals surface area contributed by atoms with Gasteiger partial charge in [0.2, 0.25) is 0 Å². The second-order valence-corrected chi connectivity index (χ2v) is 8.89. The number of nitrogens with zero attached hydrogens (tertiary/aromatic N) is 1. The topological polar surface area (TPSA) is 227 Å². The van der Waals surface area contributed by atoms with Gasteiger partial charge in [0.05, 0.1) is 7.11 Å². The van der Waals surface area contributed by atoms with E-state index in [1.807, 2.05) is 24.3 Å². The third-order valence-corrected chi connectivity index (χ3v) is 5.19. The second kappa shape index (κ2) is 13.1. The molecule has 32 heavy (non-hydrogen) atoms. The van der Waals surface area contributed by atoms with E-state index in [1.54, 1.807) is 11.3 Å². The van der Waals surface area contributed by atoms with Crippen LogP contribution < -0.4 is 6.15 Å². The molecule has 1 aromatic heterocycles. The summed E-state index contributed by atoms with van der Waals surface area (Å²) in [6.07, 6.45) is 0.963. The predicted octanol–water partition coefficient (Wildman–Crippen LogP) is 1.37. The van der Waals surface area contributed by atoms with Gasteiger partial charge < -0.3 is 29.1 Å². The van der Waals surface area contributed by atoms with Crippen LogP contribution in [-0.4, -0.2) is 59.6 Å². The van der Waals surface area contributed by atoms with E-state index < -0.39 is 26.8 Å². The highest BCUT2D eigenvalue weighted by molar-refractivity contribution is 7.79. The van der Waals surface area contributed by atoms with Gasteiger partial charge in [-0.05, 0) is 35.1 Å². The largest absolute Gasteiger partial charge is 0.759 e. The van der Waals surface area contributed by atoms with E-state index in [4.69, 9.17) is 51.4 Å². The van der Waals surface area contributed by atoms with Crippen LogP contribution in [0.15, 0.2) is 35.7 Å². The minimum atomic E-state index is -5.17. The molecule has 0 spiro atoms. The molecule has 182 valence electrons. The van der Waals surface area contributed by atoms with Gasteiger partial charge >= 0.3 is 5.97 Å². The van der Waals surface area contributed by atoms with E-state index >= 15 is 0 Å². The molecule has 0 fully saturated rings. The Kier molecular flexibility index (Phi) is 12.5. The van der Waals surface area contributed by atoms with E-state index in [0.717, 1.165) is 25.1 Å². The summed E-state index contributed by atoms with van der Waals surface area (Å²) in [5.41, 5.74) is 2.11. The number of hydrogen-bond donors (Lipinski definition) is 1. The van der Waals surface area contributed by atoms with Gasteiger partial charge in [-0.3, -0.25) is 21.7 Å². The summed E-state index contributed by atoms with van der Waals surface area (Å²) in [5, 5.41) is 2.71. The predicted molar refractivity (Wildman–Crippen MR) is 112 cm³/mol. The number of thiophene rings is 1. The molecule has 2 heterocycles. The first kappa shape index (κ1) is 30.3. The molecule has 0 unspecified atom stereocenters. The number of halogens is 1. The number of benzene rings is 1. The van der Waals surface area contributed by atoms with Crippen molar-refractivity contribution < 1.29 is 44.6 Å². The highest BCUT2D eigenvalue weighted by Crippen LogP contribution is 2.33. The highest BCUT2D eigenvalue weighted by atomic mass is 35.5. The van der Waals surface area contributed by atoms with E-state index in [-0.39, 0.29) is 12.1 Å². The molecule has 1 atom stereocenters. The lowest BCUT2D eigenvalue weighted by atomic mass is 10.0. The van der Waals surface area contributed by atoms with Crippen LogP contribution in [0.3, 0.4) is 0 Å². The van der Waals surface area contributed by atoms with Gasteiger partial charge in [0.25, 0.3) is 0 Å². The number of rotatable bonds is 3. The summed E-state index contributed by atoms with van der Waals surface area (Å²) >= 11 is 8.07. The Morgan fingerprint density at radius 1 is 1.09 bits per heavy atom. The minimum absolute atomic E-state index is 0. The molecule has 0 aliphatic carbocycles. The molecular weight excluding hydrogens is 512 g/mol. The fraction of sp³-hybridized carbons (Fsp3) is 0.312. The monoisotopic (exact) mass is 531 g/mol. The lowest BCUT2D eigenvalue weighted by Crippen LogP contribution is -2.38. The molecule has 1 aliphatic heterocycles. The summed E-state index contributed by atoms with van der Waals surface area (Å²) < 4.78 is 73.2. The molecule has 3 rings (SSSR count). The van der Waals surface area contributed by atoms with Crippen molar-refractivity contribution in [1.29, 1.82) is 0 Å². The van der Waals surface area contributed by atoms with Crippen LogP contribution in [-0.2, 0) is 43.3 Å². The Hall–Kier alpha value is -1.66. The number of hydrogen-bond acceptors (Lipinski definition) is 12. The molecule has 0 saturated carbocycles. The Morgan fingerprint density at radius 2 is 1.62 bits per heavy atom. The molecule has 4 N–H and O–H groups in total. The maximum atomic E-state index is 12.3. The fourth-order valence-corrected chi connectivity index (χ4v) is 3.90. The molecule has 2 aromatic rings. The third kappa shape index (κ3) is 11.8. The number of esters is 1. The fourth-order valence-electron chi connectivity index (χ4n) is 2.77. The zero-order valence-electron chi connectivity index (χ0n) is 16.8. The number of ether oxygens (including phenoxy) is 1. The molecule has 1 aliphatic rings. The van der Waals surface area contributed by atoms with Gasteiger partial charge in [0.1, 0.15) is 6.04 Å². The summed E-state index contributed by atoms with van der Waals surface area (Å²) in [7, 11) is -8.91. The molecular formula is C16H20ClN2O10S3-3. The number of methoxy groups -OCH3 is 1. The molecule has 1 aromatic carbocycles. The Bertz CT molecular complexity index is 1040.